The monoisotopic (exact) mass is 589 g/mol. The highest BCUT2D eigenvalue weighted by Crippen LogP contribution is 2.28. The van der Waals surface area contributed by atoms with E-state index in [1.165, 1.54) is 4.90 Å². The van der Waals surface area contributed by atoms with Crippen molar-refractivity contribution in [2.24, 2.45) is 0 Å². The van der Waals surface area contributed by atoms with Crippen LogP contribution in [0.3, 0.4) is 0 Å². The van der Waals surface area contributed by atoms with E-state index in [9.17, 15) is 18.0 Å². The standard InChI is InChI=1S/C29H33Cl2N3O4S/c1-4-17-32-29(36)27(18-22-9-6-5-7-10-22)33(19-24-25(30)11-8-12-26(24)31)28(35)20-34(39(3,37)38)23-15-13-21(2)14-16-23/h5-16,27H,4,17-20H2,1-3H3,(H,32,36). The third-order valence-corrected chi connectivity index (χ3v) is 8.06. The molecule has 1 atom stereocenters. The van der Waals surface area contributed by atoms with E-state index in [0.717, 1.165) is 21.7 Å². The van der Waals surface area contributed by atoms with Gasteiger partial charge >= 0.3 is 0 Å². The zero-order valence-electron chi connectivity index (χ0n) is 22.2. The smallest absolute Gasteiger partial charge is 0.244 e. The number of benzene rings is 3. The number of anilines is 1. The molecule has 2 amide bonds. The average Bonchev–Trinajstić information content (AvgIpc) is 2.89. The van der Waals surface area contributed by atoms with Crippen molar-refractivity contribution in [1.82, 2.24) is 10.2 Å². The van der Waals surface area contributed by atoms with Gasteiger partial charge in [-0.05, 0) is 43.2 Å². The van der Waals surface area contributed by atoms with Crippen LogP contribution in [0.1, 0.15) is 30.0 Å². The van der Waals surface area contributed by atoms with Crippen molar-refractivity contribution in [3.05, 3.63) is 99.5 Å². The molecule has 0 radical (unpaired) electrons. The lowest BCUT2D eigenvalue weighted by atomic mass is 10.0. The highest BCUT2D eigenvalue weighted by molar-refractivity contribution is 7.92. The van der Waals surface area contributed by atoms with Gasteiger partial charge in [-0.2, -0.15) is 0 Å². The molecule has 0 bridgehead atoms. The molecule has 3 aromatic carbocycles. The van der Waals surface area contributed by atoms with Gasteiger partial charge in [-0.15, -0.1) is 0 Å². The van der Waals surface area contributed by atoms with Gasteiger partial charge in [0, 0.05) is 35.1 Å². The largest absolute Gasteiger partial charge is 0.354 e. The maximum absolute atomic E-state index is 14.0. The summed E-state index contributed by atoms with van der Waals surface area (Å²) in [6.07, 6.45) is 1.97. The Labute approximate surface area is 240 Å². The minimum Gasteiger partial charge on any atom is -0.354 e. The van der Waals surface area contributed by atoms with Crippen LogP contribution in [0.4, 0.5) is 5.69 Å². The van der Waals surface area contributed by atoms with Crippen LogP contribution in [0.25, 0.3) is 0 Å². The number of hydrogen-bond acceptors (Lipinski definition) is 4. The van der Waals surface area contributed by atoms with Gasteiger partial charge in [0.05, 0.1) is 11.9 Å². The number of nitrogens with zero attached hydrogens (tertiary/aromatic N) is 2. The Morgan fingerprint density at radius 1 is 0.923 bits per heavy atom. The van der Waals surface area contributed by atoms with Crippen LogP contribution in [0.15, 0.2) is 72.8 Å². The van der Waals surface area contributed by atoms with Crippen molar-refractivity contribution in [3.8, 4) is 0 Å². The Balaban J connectivity index is 2.08. The molecule has 10 heteroatoms. The molecule has 0 aliphatic rings. The van der Waals surface area contributed by atoms with Crippen LogP contribution in [0.5, 0.6) is 0 Å². The summed E-state index contributed by atoms with van der Waals surface area (Å²) in [5, 5.41) is 3.57. The summed E-state index contributed by atoms with van der Waals surface area (Å²) in [6, 6.07) is 20.2. The Kier molecular flexibility index (Phi) is 10.8. The zero-order valence-corrected chi connectivity index (χ0v) is 24.6. The second-order valence-corrected chi connectivity index (χ2v) is 12.0. The number of aryl methyl sites for hydroxylation is 1. The SMILES string of the molecule is CCCNC(=O)C(Cc1ccccc1)N(Cc1c(Cl)cccc1Cl)C(=O)CN(c1ccc(C)cc1)S(C)(=O)=O. The molecule has 1 N–H and O–H groups in total. The first-order valence-corrected chi connectivity index (χ1v) is 15.2. The molecule has 0 saturated heterocycles. The summed E-state index contributed by atoms with van der Waals surface area (Å²) in [7, 11) is -3.83. The van der Waals surface area contributed by atoms with Gasteiger partial charge in [-0.25, -0.2) is 8.42 Å². The average molecular weight is 591 g/mol. The van der Waals surface area contributed by atoms with E-state index in [1.54, 1.807) is 42.5 Å². The molecule has 0 heterocycles. The molecule has 3 aromatic rings. The Hall–Kier alpha value is -3.07. The maximum Gasteiger partial charge on any atom is 0.244 e. The molecule has 0 aliphatic heterocycles. The molecule has 7 nitrogen and oxygen atoms in total. The minimum absolute atomic E-state index is 0.0834. The van der Waals surface area contributed by atoms with Gasteiger partial charge < -0.3 is 10.2 Å². The van der Waals surface area contributed by atoms with Crippen LogP contribution in [0, 0.1) is 6.92 Å². The first-order valence-electron chi connectivity index (χ1n) is 12.6. The van der Waals surface area contributed by atoms with Crippen molar-refractivity contribution in [1.29, 1.82) is 0 Å². The number of sulfonamides is 1. The second kappa shape index (κ2) is 13.8. The predicted octanol–water partition coefficient (Wildman–Crippen LogP) is 5.23. The van der Waals surface area contributed by atoms with Crippen molar-refractivity contribution in [2.45, 2.75) is 39.3 Å². The number of halogens is 2. The fraction of sp³-hybridized carbons (Fsp3) is 0.310. The van der Waals surface area contributed by atoms with E-state index in [4.69, 9.17) is 23.2 Å². The fourth-order valence-electron chi connectivity index (χ4n) is 4.10. The summed E-state index contributed by atoms with van der Waals surface area (Å²) in [6.45, 7) is 3.66. The molecular weight excluding hydrogens is 557 g/mol. The summed E-state index contributed by atoms with van der Waals surface area (Å²) in [5.74, 6) is -0.914. The van der Waals surface area contributed by atoms with Gasteiger partial charge in [-0.1, -0.05) is 84.2 Å². The Morgan fingerprint density at radius 3 is 2.10 bits per heavy atom. The van der Waals surface area contributed by atoms with E-state index >= 15 is 0 Å². The molecule has 0 saturated carbocycles. The zero-order chi connectivity index (χ0) is 28.6. The third kappa shape index (κ3) is 8.46. The van der Waals surface area contributed by atoms with Crippen molar-refractivity contribution >= 4 is 50.7 Å². The van der Waals surface area contributed by atoms with Crippen LogP contribution >= 0.6 is 23.2 Å². The van der Waals surface area contributed by atoms with E-state index in [1.807, 2.05) is 44.2 Å². The van der Waals surface area contributed by atoms with Crippen LogP contribution < -0.4 is 9.62 Å². The lowest BCUT2D eigenvalue weighted by molar-refractivity contribution is -0.140. The van der Waals surface area contributed by atoms with Gasteiger partial charge in [0.1, 0.15) is 12.6 Å². The van der Waals surface area contributed by atoms with E-state index in [2.05, 4.69) is 5.32 Å². The summed E-state index contributed by atoms with van der Waals surface area (Å²) in [4.78, 5) is 28.9. The van der Waals surface area contributed by atoms with Crippen molar-refractivity contribution in [3.63, 3.8) is 0 Å². The highest BCUT2D eigenvalue weighted by atomic mass is 35.5. The quantitative estimate of drug-likeness (QED) is 0.313. The topological polar surface area (TPSA) is 86.8 Å². The molecular formula is C29H33Cl2N3O4S. The van der Waals surface area contributed by atoms with Gasteiger partial charge in [0.25, 0.3) is 0 Å². The fourth-order valence-corrected chi connectivity index (χ4v) is 5.47. The number of carbonyl (C=O) groups is 2. The molecule has 3 rings (SSSR count). The van der Waals surface area contributed by atoms with E-state index < -0.39 is 28.5 Å². The van der Waals surface area contributed by atoms with Crippen LogP contribution in [-0.2, 0) is 32.6 Å². The van der Waals surface area contributed by atoms with Crippen LogP contribution in [0.2, 0.25) is 10.0 Å². The number of hydrogen-bond donors (Lipinski definition) is 1. The minimum atomic E-state index is -3.83. The van der Waals surface area contributed by atoms with Crippen molar-refractivity contribution in [2.75, 3.05) is 23.7 Å². The molecule has 0 aromatic heterocycles. The summed E-state index contributed by atoms with van der Waals surface area (Å²) < 4.78 is 26.7. The summed E-state index contributed by atoms with van der Waals surface area (Å²) >= 11 is 12.9. The molecule has 0 fully saturated rings. The number of nitrogens with one attached hydrogen (secondary N) is 1. The lowest BCUT2D eigenvalue weighted by Gasteiger charge is -2.34. The van der Waals surface area contributed by atoms with Gasteiger partial charge in [0.2, 0.25) is 21.8 Å². The number of rotatable bonds is 12. The van der Waals surface area contributed by atoms with Crippen LogP contribution in [-0.4, -0.2) is 50.5 Å². The molecule has 1 unspecified atom stereocenters. The lowest BCUT2D eigenvalue weighted by Crippen LogP contribution is -2.53. The first kappa shape index (κ1) is 30.5. The first-order chi connectivity index (χ1) is 18.5. The van der Waals surface area contributed by atoms with Gasteiger partial charge in [-0.3, -0.25) is 13.9 Å². The van der Waals surface area contributed by atoms with E-state index in [-0.39, 0.29) is 18.9 Å². The third-order valence-electron chi connectivity index (χ3n) is 6.21. The molecule has 0 spiro atoms. The molecule has 208 valence electrons. The number of carbonyl (C=O) groups excluding carboxylic acids is 2. The summed E-state index contributed by atoms with van der Waals surface area (Å²) in [5.41, 5.74) is 2.61. The normalized spacial score (nSPS) is 12.0. The molecule has 0 aliphatic carbocycles. The Morgan fingerprint density at radius 2 is 1.54 bits per heavy atom. The second-order valence-electron chi connectivity index (χ2n) is 9.32. The van der Waals surface area contributed by atoms with E-state index in [0.29, 0.717) is 34.3 Å². The molecule has 39 heavy (non-hydrogen) atoms. The predicted molar refractivity (Wildman–Crippen MR) is 158 cm³/mol. The Bertz CT molecular complexity index is 1360. The number of amides is 2. The maximum atomic E-state index is 14.0. The van der Waals surface area contributed by atoms with Gasteiger partial charge in [0.15, 0.2) is 0 Å². The van der Waals surface area contributed by atoms with Crippen molar-refractivity contribution < 1.29 is 18.0 Å². The highest BCUT2D eigenvalue weighted by Gasteiger charge is 2.33.